The fraction of sp³-hybridized carbons (Fsp3) is 0.0769. The van der Waals surface area contributed by atoms with E-state index in [1.807, 2.05) is 41.7 Å². The Kier molecular flexibility index (Phi) is 5.20. The Labute approximate surface area is 180 Å². The van der Waals surface area contributed by atoms with Crippen LogP contribution in [0.3, 0.4) is 0 Å². The van der Waals surface area contributed by atoms with Gasteiger partial charge in [-0.25, -0.2) is 0 Å². The third-order valence-corrected chi connectivity index (χ3v) is 6.58. The molecule has 3 nitrogen and oxygen atoms in total. The third kappa shape index (κ3) is 3.57. The van der Waals surface area contributed by atoms with E-state index < -0.39 is 0 Å². The molecule has 0 saturated heterocycles. The number of rotatable bonds is 6. The molecule has 0 saturated carbocycles. The van der Waals surface area contributed by atoms with Crippen molar-refractivity contribution >= 4 is 37.2 Å². The fourth-order valence-corrected chi connectivity index (χ4v) is 5.08. The standard InChI is InChI=1S/C26H23N3S/c27-26(19-11-5-2-6-12-19)29-17-28-24-20(18-9-3-1-4-10-18)15-16-22-21-13-7-8-14-23(21)30-25(22)24/h1-16,26,28-29H,17,27H2. The van der Waals surface area contributed by atoms with Gasteiger partial charge in [0.05, 0.1) is 23.2 Å². The van der Waals surface area contributed by atoms with Crippen LogP contribution in [0.15, 0.2) is 97.1 Å². The zero-order valence-electron chi connectivity index (χ0n) is 16.5. The van der Waals surface area contributed by atoms with E-state index in [1.165, 1.54) is 31.3 Å². The maximum absolute atomic E-state index is 6.33. The molecule has 5 rings (SSSR count). The van der Waals surface area contributed by atoms with Gasteiger partial charge >= 0.3 is 0 Å². The van der Waals surface area contributed by atoms with E-state index in [0.717, 1.165) is 11.3 Å². The van der Waals surface area contributed by atoms with Gasteiger partial charge in [-0.15, -0.1) is 11.3 Å². The van der Waals surface area contributed by atoms with Crippen LogP contribution in [0.5, 0.6) is 0 Å². The summed E-state index contributed by atoms with van der Waals surface area (Å²) in [6.45, 7) is 0.573. The first-order valence-corrected chi connectivity index (χ1v) is 10.9. The summed E-state index contributed by atoms with van der Waals surface area (Å²) in [6, 6.07) is 33.7. The molecule has 0 amide bonds. The second kappa shape index (κ2) is 8.28. The monoisotopic (exact) mass is 409 g/mol. The first-order chi connectivity index (χ1) is 14.8. The lowest BCUT2D eigenvalue weighted by Crippen LogP contribution is -2.32. The Morgan fingerprint density at radius 1 is 0.733 bits per heavy atom. The van der Waals surface area contributed by atoms with Gasteiger partial charge in [-0.3, -0.25) is 5.32 Å². The van der Waals surface area contributed by atoms with E-state index in [9.17, 15) is 0 Å². The minimum Gasteiger partial charge on any atom is -0.371 e. The van der Waals surface area contributed by atoms with Crippen molar-refractivity contribution in [3.63, 3.8) is 0 Å². The van der Waals surface area contributed by atoms with Crippen molar-refractivity contribution in [1.29, 1.82) is 0 Å². The summed E-state index contributed by atoms with van der Waals surface area (Å²) >= 11 is 1.83. The Bertz CT molecular complexity index is 1280. The first-order valence-electron chi connectivity index (χ1n) is 10.1. The van der Waals surface area contributed by atoms with Crippen LogP contribution in [0.1, 0.15) is 11.7 Å². The van der Waals surface area contributed by atoms with Crippen molar-refractivity contribution in [2.45, 2.75) is 6.17 Å². The molecule has 1 atom stereocenters. The van der Waals surface area contributed by atoms with E-state index in [0.29, 0.717) is 6.67 Å². The topological polar surface area (TPSA) is 50.1 Å². The number of thiophene rings is 1. The molecule has 1 unspecified atom stereocenters. The smallest absolute Gasteiger partial charge is 0.0823 e. The molecule has 0 radical (unpaired) electrons. The Morgan fingerprint density at radius 3 is 2.23 bits per heavy atom. The van der Waals surface area contributed by atoms with Crippen molar-refractivity contribution in [2.24, 2.45) is 5.73 Å². The van der Waals surface area contributed by atoms with Gasteiger partial charge in [0.1, 0.15) is 0 Å². The fourth-order valence-electron chi connectivity index (χ4n) is 3.85. The Morgan fingerprint density at radius 2 is 1.43 bits per heavy atom. The number of benzene rings is 4. The minimum atomic E-state index is -0.222. The zero-order chi connectivity index (χ0) is 20.3. The highest BCUT2D eigenvalue weighted by Gasteiger charge is 2.14. The van der Waals surface area contributed by atoms with Crippen LogP contribution in [-0.4, -0.2) is 6.67 Å². The highest BCUT2D eigenvalue weighted by Crippen LogP contribution is 2.42. The van der Waals surface area contributed by atoms with Crippen molar-refractivity contribution in [3.8, 4) is 11.1 Å². The quantitative estimate of drug-likeness (QED) is 0.287. The van der Waals surface area contributed by atoms with Crippen LogP contribution < -0.4 is 16.4 Å². The lowest BCUT2D eigenvalue weighted by molar-refractivity contribution is 0.578. The number of hydrogen-bond acceptors (Lipinski definition) is 4. The largest absolute Gasteiger partial charge is 0.371 e. The molecule has 0 aliphatic rings. The van der Waals surface area contributed by atoms with Crippen molar-refractivity contribution in [1.82, 2.24) is 5.32 Å². The second-order valence-electron chi connectivity index (χ2n) is 7.28. The van der Waals surface area contributed by atoms with Crippen LogP contribution in [0.4, 0.5) is 5.69 Å². The van der Waals surface area contributed by atoms with Gasteiger partial charge in [0.15, 0.2) is 0 Å². The molecule has 1 heterocycles. The highest BCUT2D eigenvalue weighted by molar-refractivity contribution is 7.26. The lowest BCUT2D eigenvalue weighted by Gasteiger charge is -2.18. The molecule has 1 aromatic heterocycles. The normalized spacial score (nSPS) is 12.3. The third-order valence-electron chi connectivity index (χ3n) is 5.38. The number of nitrogens with two attached hydrogens (primary N) is 1. The van der Waals surface area contributed by atoms with Gasteiger partial charge in [0.2, 0.25) is 0 Å². The number of nitrogens with one attached hydrogen (secondary N) is 2. The van der Waals surface area contributed by atoms with Gasteiger partial charge in [-0.1, -0.05) is 91.0 Å². The second-order valence-corrected chi connectivity index (χ2v) is 8.33. The van der Waals surface area contributed by atoms with Gasteiger partial charge < -0.3 is 11.1 Å². The van der Waals surface area contributed by atoms with Crippen LogP contribution in [0, 0.1) is 0 Å². The summed E-state index contributed by atoms with van der Waals surface area (Å²) in [7, 11) is 0. The molecule has 5 aromatic rings. The molecular formula is C26H23N3S. The van der Waals surface area contributed by atoms with Crippen molar-refractivity contribution in [2.75, 3.05) is 12.0 Å². The number of anilines is 1. The average molecular weight is 410 g/mol. The van der Waals surface area contributed by atoms with E-state index in [2.05, 4.69) is 77.4 Å². The van der Waals surface area contributed by atoms with E-state index in [-0.39, 0.29) is 6.17 Å². The zero-order valence-corrected chi connectivity index (χ0v) is 17.3. The molecule has 0 spiro atoms. The molecule has 0 fully saturated rings. The molecular weight excluding hydrogens is 386 g/mol. The van der Waals surface area contributed by atoms with Crippen LogP contribution in [0.25, 0.3) is 31.3 Å². The summed E-state index contributed by atoms with van der Waals surface area (Å²) in [5.41, 5.74) is 11.0. The molecule has 4 aromatic carbocycles. The Hall–Kier alpha value is -3.18. The van der Waals surface area contributed by atoms with Gasteiger partial charge in [-0.2, -0.15) is 0 Å². The minimum absolute atomic E-state index is 0.222. The van der Waals surface area contributed by atoms with Crippen molar-refractivity contribution < 1.29 is 0 Å². The van der Waals surface area contributed by atoms with E-state index in [1.54, 1.807) is 0 Å². The average Bonchev–Trinajstić information content (AvgIpc) is 3.19. The summed E-state index contributed by atoms with van der Waals surface area (Å²) < 4.78 is 2.57. The summed E-state index contributed by atoms with van der Waals surface area (Å²) in [5.74, 6) is 0. The Balaban J connectivity index is 1.52. The molecule has 4 N–H and O–H groups in total. The van der Waals surface area contributed by atoms with Gasteiger partial charge in [0.25, 0.3) is 0 Å². The number of fused-ring (bicyclic) bond motifs is 3. The molecule has 30 heavy (non-hydrogen) atoms. The van der Waals surface area contributed by atoms with E-state index >= 15 is 0 Å². The SMILES string of the molecule is NC(NCNc1c(-c2ccccc2)ccc2c1sc1ccccc12)c1ccccc1. The van der Waals surface area contributed by atoms with E-state index in [4.69, 9.17) is 5.73 Å². The van der Waals surface area contributed by atoms with Crippen molar-refractivity contribution in [3.05, 3.63) is 103 Å². The summed E-state index contributed by atoms with van der Waals surface area (Å²) in [6.07, 6.45) is -0.222. The van der Waals surface area contributed by atoms with Crippen LogP contribution >= 0.6 is 11.3 Å². The molecule has 0 aliphatic heterocycles. The van der Waals surface area contributed by atoms with Crippen LogP contribution in [-0.2, 0) is 0 Å². The lowest BCUT2D eigenvalue weighted by atomic mass is 10.0. The van der Waals surface area contributed by atoms with Gasteiger partial charge in [0, 0.05) is 21.0 Å². The van der Waals surface area contributed by atoms with Crippen LogP contribution in [0.2, 0.25) is 0 Å². The number of hydrogen-bond donors (Lipinski definition) is 3. The maximum Gasteiger partial charge on any atom is 0.0823 e. The molecule has 0 aliphatic carbocycles. The predicted octanol–water partition coefficient (Wildman–Crippen LogP) is 6.34. The predicted molar refractivity (Wildman–Crippen MR) is 130 cm³/mol. The van der Waals surface area contributed by atoms with Gasteiger partial charge in [-0.05, 0) is 17.2 Å². The summed E-state index contributed by atoms with van der Waals surface area (Å²) in [5, 5.41) is 9.61. The first kappa shape index (κ1) is 18.8. The maximum atomic E-state index is 6.33. The molecule has 0 bridgehead atoms. The highest BCUT2D eigenvalue weighted by atomic mass is 32.1. The molecule has 148 valence electrons. The molecule has 4 heteroatoms. The summed E-state index contributed by atoms with van der Waals surface area (Å²) in [4.78, 5) is 0.